The normalized spacial score (nSPS) is 12.2. The smallest absolute Gasteiger partial charge is 0.132 e. The summed E-state index contributed by atoms with van der Waals surface area (Å²) in [7, 11) is 0. The third-order valence-electron chi connectivity index (χ3n) is 3.31. The van der Waals surface area contributed by atoms with Gasteiger partial charge in [-0.3, -0.25) is 0 Å². The van der Waals surface area contributed by atoms with Crippen LogP contribution in [0.1, 0.15) is 37.4 Å². The van der Waals surface area contributed by atoms with Crippen LogP contribution in [-0.4, -0.2) is 4.98 Å². The van der Waals surface area contributed by atoms with Crippen LogP contribution in [0.25, 0.3) is 0 Å². The van der Waals surface area contributed by atoms with Crippen molar-refractivity contribution in [3.63, 3.8) is 0 Å². The quantitative estimate of drug-likeness (QED) is 0.682. The molecule has 0 amide bonds. The molecule has 4 heteroatoms. The predicted octanol–water partition coefficient (Wildman–Crippen LogP) is 5.48. The van der Waals surface area contributed by atoms with E-state index in [1.807, 2.05) is 18.2 Å². The molecule has 0 spiro atoms. The molecular formula is C16H17Cl2NO. The summed E-state index contributed by atoms with van der Waals surface area (Å²) in [4.78, 5) is 4.19. The summed E-state index contributed by atoms with van der Waals surface area (Å²) in [6.45, 7) is 4.66. The van der Waals surface area contributed by atoms with Crippen molar-refractivity contribution in [1.29, 1.82) is 0 Å². The number of rotatable bonds is 5. The fraction of sp³-hybridized carbons (Fsp3) is 0.312. The van der Waals surface area contributed by atoms with Crippen molar-refractivity contribution in [1.82, 2.24) is 4.98 Å². The van der Waals surface area contributed by atoms with E-state index in [1.54, 1.807) is 12.1 Å². The zero-order valence-corrected chi connectivity index (χ0v) is 13.1. The molecule has 0 bridgehead atoms. The highest BCUT2D eigenvalue weighted by molar-refractivity contribution is 6.32. The summed E-state index contributed by atoms with van der Waals surface area (Å²) in [6, 6.07) is 11.5. The third-order valence-corrected chi connectivity index (χ3v) is 3.87. The number of nitrogens with zero attached hydrogens (tertiary/aromatic N) is 1. The Morgan fingerprint density at radius 3 is 2.65 bits per heavy atom. The minimum absolute atomic E-state index is 0.312. The van der Waals surface area contributed by atoms with Crippen molar-refractivity contribution in [3.8, 4) is 5.75 Å². The molecule has 0 N–H and O–H groups in total. The van der Waals surface area contributed by atoms with Crippen LogP contribution in [-0.2, 0) is 6.61 Å². The molecule has 1 aromatic heterocycles. The molecule has 106 valence electrons. The molecule has 2 nitrogen and oxygen atoms in total. The van der Waals surface area contributed by atoms with Crippen molar-refractivity contribution in [3.05, 3.63) is 57.8 Å². The van der Waals surface area contributed by atoms with Gasteiger partial charge in [0.05, 0.1) is 10.7 Å². The summed E-state index contributed by atoms with van der Waals surface area (Å²) >= 11 is 12.0. The average molecular weight is 310 g/mol. The summed E-state index contributed by atoms with van der Waals surface area (Å²) in [5.41, 5.74) is 1.85. The van der Waals surface area contributed by atoms with Crippen molar-refractivity contribution in [2.24, 2.45) is 0 Å². The fourth-order valence-electron chi connectivity index (χ4n) is 1.94. The molecule has 0 saturated carbocycles. The SMILES string of the molecule is CCC(C)c1ccccc1OCc1nc(Cl)ccc1Cl. The third kappa shape index (κ3) is 3.65. The van der Waals surface area contributed by atoms with Gasteiger partial charge in [-0.15, -0.1) is 0 Å². The number of hydrogen-bond donors (Lipinski definition) is 0. The van der Waals surface area contributed by atoms with E-state index in [0.29, 0.717) is 28.4 Å². The molecule has 1 atom stereocenters. The number of pyridine rings is 1. The van der Waals surface area contributed by atoms with Gasteiger partial charge in [-0.1, -0.05) is 55.2 Å². The number of hydrogen-bond acceptors (Lipinski definition) is 2. The molecule has 0 aliphatic rings. The van der Waals surface area contributed by atoms with Crippen molar-refractivity contribution in [2.75, 3.05) is 0 Å². The number of ether oxygens (including phenoxy) is 1. The lowest BCUT2D eigenvalue weighted by Crippen LogP contribution is -2.03. The van der Waals surface area contributed by atoms with E-state index in [4.69, 9.17) is 27.9 Å². The summed E-state index contributed by atoms with van der Waals surface area (Å²) in [5, 5.41) is 0.985. The first-order valence-electron chi connectivity index (χ1n) is 6.64. The van der Waals surface area contributed by atoms with Crippen molar-refractivity contribution in [2.45, 2.75) is 32.8 Å². The van der Waals surface area contributed by atoms with Crippen LogP contribution in [0.2, 0.25) is 10.2 Å². The molecule has 1 heterocycles. The Labute approximate surface area is 129 Å². The zero-order chi connectivity index (χ0) is 14.5. The van der Waals surface area contributed by atoms with Gasteiger partial charge in [0.25, 0.3) is 0 Å². The molecule has 0 aliphatic carbocycles. The van der Waals surface area contributed by atoms with E-state index in [-0.39, 0.29) is 0 Å². The minimum Gasteiger partial charge on any atom is -0.487 e. The second kappa shape index (κ2) is 6.96. The van der Waals surface area contributed by atoms with Crippen molar-refractivity contribution >= 4 is 23.2 Å². The highest BCUT2D eigenvalue weighted by atomic mass is 35.5. The lowest BCUT2D eigenvalue weighted by Gasteiger charge is -2.15. The number of benzene rings is 1. The maximum absolute atomic E-state index is 6.09. The molecular weight excluding hydrogens is 293 g/mol. The van der Waals surface area contributed by atoms with E-state index in [1.165, 1.54) is 5.56 Å². The monoisotopic (exact) mass is 309 g/mol. The van der Waals surface area contributed by atoms with Crippen LogP contribution in [0.15, 0.2) is 36.4 Å². The molecule has 0 radical (unpaired) electrons. The van der Waals surface area contributed by atoms with Crippen LogP contribution in [0.4, 0.5) is 0 Å². The Hall–Kier alpha value is -1.25. The van der Waals surface area contributed by atoms with Crippen LogP contribution >= 0.6 is 23.2 Å². The van der Waals surface area contributed by atoms with Gasteiger partial charge in [0, 0.05) is 0 Å². The lowest BCUT2D eigenvalue weighted by molar-refractivity contribution is 0.296. The lowest BCUT2D eigenvalue weighted by atomic mass is 9.98. The Kier molecular flexibility index (Phi) is 5.27. The van der Waals surface area contributed by atoms with E-state index in [2.05, 4.69) is 24.9 Å². The Bertz CT molecular complexity index is 586. The number of para-hydroxylation sites is 1. The maximum atomic E-state index is 6.09. The first-order valence-corrected chi connectivity index (χ1v) is 7.40. The largest absolute Gasteiger partial charge is 0.487 e. The van der Waals surface area contributed by atoms with Gasteiger partial charge in [0.2, 0.25) is 0 Å². The number of aromatic nitrogens is 1. The predicted molar refractivity (Wildman–Crippen MR) is 83.7 cm³/mol. The van der Waals surface area contributed by atoms with Gasteiger partial charge in [-0.05, 0) is 36.1 Å². The molecule has 0 aliphatic heterocycles. The Morgan fingerprint density at radius 1 is 1.15 bits per heavy atom. The van der Waals surface area contributed by atoms with Gasteiger partial charge < -0.3 is 4.74 Å². The van der Waals surface area contributed by atoms with Gasteiger partial charge in [-0.25, -0.2) is 4.98 Å². The summed E-state index contributed by atoms with van der Waals surface area (Å²) in [6.07, 6.45) is 1.07. The van der Waals surface area contributed by atoms with Crippen LogP contribution in [0, 0.1) is 0 Å². The van der Waals surface area contributed by atoms with E-state index < -0.39 is 0 Å². The molecule has 0 fully saturated rings. The van der Waals surface area contributed by atoms with Crippen molar-refractivity contribution < 1.29 is 4.74 Å². The fourth-order valence-corrected chi connectivity index (χ4v) is 2.27. The van der Waals surface area contributed by atoms with E-state index >= 15 is 0 Å². The second-order valence-electron chi connectivity index (χ2n) is 4.70. The standard InChI is InChI=1S/C16H17Cl2NO/c1-3-11(2)12-6-4-5-7-15(12)20-10-14-13(17)8-9-16(18)19-14/h4-9,11H,3,10H2,1-2H3. The van der Waals surface area contributed by atoms with Gasteiger partial charge in [0.1, 0.15) is 17.5 Å². The molecule has 1 unspecified atom stereocenters. The van der Waals surface area contributed by atoms with E-state index in [9.17, 15) is 0 Å². The van der Waals surface area contributed by atoms with Crippen LogP contribution in [0.3, 0.4) is 0 Å². The Morgan fingerprint density at radius 2 is 1.90 bits per heavy atom. The topological polar surface area (TPSA) is 22.1 Å². The summed E-state index contributed by atoms with van der Waals surface area (Å²) < 4.78 is 5.88. The minimum atomic E-state index is 0.312. The van der Waals surface area contributed by atoms with Gasteiger partial charge in [-0.2, -0.15) is 0 Å². The molecule has 1 aromatic carbocycles. The molecule has 2 rings (SSSR count). The molecule has 2 aromatic rings. The highest BCUT2D eigenvalue weighted by Crippen LogP contribution is 2.29. The zero-order valence-electron chi connectivity index (χ0n) is 11.6. The first-order chi connectivity index (χ1) is 9.61. The first kappa shape index (κ1) is 15.1. The van der Waals surface area contributed by atoms with Gasteiger partial charge >= 0.3 is 0 Å². The average Bonchev–Trinajstić information content (AvgIpc) is 2.47. The van der Waals surface area contributed by atoms with Crippen LogP contribution in [0.5, 0.6) is 5.75 Å². The van der Waals surface area contributed by atoms with Crippen LogP contribution < -0.4 is 4.74 Å². The summed E-state index contributed by atoms with van der Waals surface area (Å²) in [5.74, 6) is 1.33. The highest BCUT2D eigenvalue weighted by Gasteiger charge is 2.11. The number of halogens is 2. The Balaban J connectivity index is 2.17. The molecule has 0 saturated heterocycles. The van der Waals surface area contributed by atoms with E-state index in [0.717, 1.165) is 12.2 Å². The maximum Gasteiger partial charge on any atom is 0.132 e. The second-order valence-corrected chi connectivity index (χ2v) is 5.49. The molecule has 20 heavy (non-hydrogen) atoms. The van der Waals surface area contributed by atoms with Gasteiger partial charge in [0.15, 0.2) is 0 Å².